The molecule has 4 heteroatoms. The zero-order valence-corrected chi connectivity index (χ0v) is 31.5. The minimum Gasteiger partial charge on any atom is -0.397 e. The van der Waals surface area contributed by atoms with Gasteiger partial charge in [0.25, 0.3) is 0 Å². The van der Waals surface area contributed by atoms with Crippen LogP contribution in [0, 0.1) is 0 Å². The predicted octanol–water partition coefficient (Wildman–Crippen LogP) is 12.9. The fourth-order valence-corrected chi connectivity index (χ4v) is 8.53. The van der Waals surface area contributed by atoms with Crippen LogP contribution in [0.2, 0.25) is 0 Å². The Bertz CT molecular complexity index is 3080. The molecule has 272 valence electrons. The van der Waals surface area contributed by atoms with Gasteiger partial charge in [-0.05, 0) is 111 Å². The van der Waals surface area contributed by atoms with E-state index in [-0.39, 0.29) is 0 Å². The van der Waals surface area contributed by atoms with Crippen molar-refractivity contribution in [2.45, 2.75) is 19.3 Å². The molecule has 2 N–H and O–H groups in total. The van der Waals surface area contributed by atoms with Crippen LogP contribution in [0.15, 0.2) is 211 Å². The number of allylic oxidation sites excluding steroid dienone is 4. The Balaban J connectivity index is 0.951. The number of nitrogens with two attached hydrogens (primary N) is 1. The maximum Gasteiger partial charge on any atom is 0.0822 e. The van der Waals surface area contributed by atoms with Crippen LogP contribution in [-0.2, 0) is 6.42 Å². The van der Waals surface area contributed by atoms with Gasteiger partial charge in [-0.2, -0.15) is 0 Å². The summed E-state index contributed by atoms with van der Waals surface area (Å²) in [6, 6.07) is 56.5. The van der Waals surface area contributed by atoms with E-state index < -0.39 is 0 Å². The number of benzene rings is 7. The highest BCUT2D eigenvalue weighted by Crippen LogP contribution is 2.44. The highest BCUT2D eigenvalue weighted by molar-refractivity contribution is 6.21. The van der Waals surface area contributed by atoms with Gasteiger partial charge in [0.1, 0.15) is 0 Å². The summed E-state index contributed by atoms with van der Waals surface area (Å²) >= 11 is 0. The zero-order chi connectivity index (χ0) is 38.1. The highest BCUT2D eigenvalue weighted by atomic mass is 15.0. The third-order valence-electron chi connectivity index (χ3n) is 11.2. The number of nitrogens with zero attached hydrogens (tertiary/aromatic N) is 3. The summed E-state index contributed by atoms with van der Waals surface area (Å²) in [4.78, 5) is 9.57. The smallest absolute Gasteiger partial charge is 0.0822 e. The Kier molecular flexibility index (Phi) is 8.85. The van der Waals surface area contributed by atoms with E-state index >= 15 is 0 Å². The molecule has 0 fully saturated rings. The first-order valence-electron chi connectivity index (χ1n) is 19.6. The SMILES string of the molecule is N/C(=C\C=C/Cc1ccc2c(-c3ccccc3)c3ccccc3c(-c3ccccc3)c2c1)C1=CCCC(c2ccc3c(c2)c2cnccc2n3-c2ccccc2)=N1. The van der Waals surface area contributed by atoms with E-state index in [1.807, 2.05) is 24.5 Å². The number of fused-ring (bicyclic) bond motifs is 5. The van der Waals surface area contributed by atoms with Crippen molar-refractivity contribution in [1.82, 2.24) is 9.55 Å². The van der Waals surface area contributed by atoms with Crippen molar-refractivity contribution in [3.05, 3.63) is 217 Å². The van der Waals surface area contributed by atoms with Gasteiger partial charge in [-0.15, -0.1) is 0 Å². The molecule has 1 aliphatic rings. The molecule has 0 atom stereocenters. The average molecular weight is 733 g/mol. The number of hydrogen-bond acceptors (Lipinski definition) is 3. The van der Waals surface area contributed by atoms with Gasteiger partial charge in [-0.25, -0.2) is 0 Å². The summed E-state index contributed by atoms with van der Waals surface area (Å²) in [6.07, 6.45) is 14.7. The van der Waals surface area contributed by atoms with Gasteiger partial charge in [0.2, 0.25) is 0 Å². The number of rotatable bonds is 8. The Hall–Kier alpha value is -7.30. The number of aliphatic imine (C=N–C) groups is 1. The molecule has 0 saturated heterocycles. The fourth-order valence-electron chi connectivity index (χ4n) is 8.53. The molecule has 9 aromatic rings. The Morgan fingerprint density at radius 2 is 1.25 bits per heavy atom. The van der Waals surface area contributed by atoms with Crippen LogP contribution < -0.4 is 5.73 Å². The minimum atomic E-state index is 0.665. The van der Waals surface area contributed by atoms with Crippen molar-refractivity contribution < 1.29 is 0 Å². The second-order valence-electron chi connectivity index (χ2n) is 14.6. The van der Waals surface area contributed by atoms with Crippen molar-refractivity contribution in [2.24, 2.45) is 10.7 Å². The molecule has 57 heavy (non-hydrogen) atoms. The number of pyridine rings is 1. The van der Waals surface area contributed by atoms with Gasteiger partial charge in [0.05, 0.1) is 22.4 Å². The number of hydrogen-bond donors (Lipinski definition) is 1. The maximum absolute atomic E-state index is 6.71. The van der Waals surface area contributed by atoms with Crippen molar-refractivity contribution in [3.63, 3.8) is 0 Å². The van der Waals surface area contributed by atoms with Crippen molar-refractivity contribution in [3.8, 4) is 27.9 Å². The van der Waals surface area contributed by atoms with E-state index in [0.717, 1.165) is 58.3 Å². The van der Waals surface area contributed by atoms with Crippen LogP contribution in [0.3, 0.4) is 0 Å². The van der Waals surface area contributed by atoms with Crippen LogP contribution in [0.4, 0.5) is 0 Å². The molecule has 0 bridgehead atoms. The van der Waals surface area contributed by atoms with Crippen LogP contribution in [0.5, 0.6) is 0 Å². The van der Waals surface area contributed by atoms with E-state index in [1.165, 1.54) is 54.7 Å². The highest BCUT2D eigenvalue weighted by Gasteiger charge is 2.18. The minimum absolute atomic E-state index is 0.665. The summed E-state index contributed by atoms with van der Waals surface area (Å²) in [6.45, 7) is 0. The predicted molar refractivity (Wildman–Crippen MR) is 240 cm³/mol. The monoisotopic (exact) mass is 732 g/mol. The average Bonchev–Trinajstić information content (AvgIpc) is 3.61. The largest absolute Gasteiger partial charge is 0.397 e. The van der Waals surface area contributed by atoms with Crippen LogP contribution in [-0.4, -0.2) is 15.3 Å². The fraction of sp³-hybridized carbons (Fsp3) is 0.0566. The van der Waals surface area contributed by atoms with E-state index in [4.69, 9.17) is 10.7 Å². The maximum atomic E-state index is 6.71. The van der Waals surface area contributed by atoms with Gasteiger partial charge in [-0.3, -0.25) is 9.98 Å². The molecule has 0 unspecified atom stereocenters. The van der Waals surface area contributed by atoms with Crippen LogP contribution in [0.25, 0.3) is 71.3 Å². The molecule has 1 aliphatic heterocycles. The van der Waals surface area contributed by atoms with Gasteiger partial charge in [0, 0.05) is 34.6 Å². The molecule has 10 rings (SSSR count). The second kappa shape index (κ2) is 14.7. The summed E-state index contributed by atoms with van der Waals surface area (Å²) in [7, 11) is 0. The summed E-state index contributed by atoms with van der Waals surface area (Å²) in [5.41, 5.74) is 20.0. The van der Waals surface area contributed by atoms with E-state index in [9.17, 15) is 0 Å². The van der Waals surface area contributed by atoms with E-state index in [0.29, 0.717) is 5.70 Å². The topological polar surface area (TPSA) is 56.2 Å². The quantitative estimate of drug-likeness (QED) is 0.125. The molecule has 0 amide bonds. The molecule has 0 radical (unpaired) electrons. The lowest BCUT2D eigenvalue weighted by Crippen LogP contribution is -2.09. The molecule has 0 spiro atoms. The first-order valence-corrected chi connectivity index (χ1v) is 19.6. The number of para-hydroxylation sites is 1. The van der Waals surface area contributed by atoms with Crippen molar-refractivity contribution >= 4 is 49.1 Å². The zero-order valence-electron chi connectivity index (χ0n) is 31.5. The molecule has 0 aliphatic carbocycles. The molecule has 4 nitrogen and oxygen atoms in total. The third-order valence-corrected chi connectivity index (χ3v) is 11.2. The lowest BCUT2D eigenvalue weighted by molar-refractivity contribution is 1.02. The molecule has 2 aromatic heterocycles. The van der Waals surface area contributed by atoms with Crippen molar-refractivity contribution in [1.29, 1.82) is 0 Å². The Labute approximate surface area is 332 Å². The molecular formula is C53H40N4. The van der Waals surface area contributed by atoms with Crippen LogP contribution >= 0.6 is 0 Å². The second-order valence-corrected chi connectivity index (χ2v) is 14.6. The van der Waals surface area contributed by atoms with E-state index in [2.05, 4.69) is 179 Å². The van der Waals surface area contributed by atoms with Gasteiger partial charge in [-0.1, -0.05) is 146 Å². The molecule has 0 saturated carbocycles. The normalized spacial score (nSPS) is 13.5. The van der Waals surface area contributed by atoms with E-state index in [1.54, 1.807) is 0 Å². The first-order chi connectivity index (χ1) is 28.2. The summed E-state index contributed by atoms with van der Waals surface area (Å²) in [5, 5.41) is 7.33. The lowest BCUT2D eigenvalue weighted by Gasteiger charge is -2.18. The third kappa shape index (κ3) is 6.31. The van der Waals surface area contributed by atoms with Crippen molar-refractivity contribution in [2.75, 3.05) is 0 Å². The standard InChI is InChI=1S/C53H40N4/c54-47(49-26-14-25-48(56-49)39-28-30-50-44(34-39)46-35-55-32-31-51(46)57(50)40-20-8-3-9-21-40)24-13-10-15-36-27-29-43-45(33-36)53(38-18-6-2-7-19-38)42-23-12-11-22-41(42)52(43)37-16-4-1-5-17-37/h1-13,16-24,26-35H,14-15,25,54H2/b13-10-,47-24-. The first kappa shape index (κ1) is 34.2. The Morgan fingerprint density at radius 1 is 0.596 bits per heavy atom. The molecule has 3 heterocycles. The molecular weight excluding hydrogens is 693 g/mol. The molecule has 7 aromatic carbocycles. The Morgan fingerprint density at radius 3 is 1.98 bits per heavy atom. The van der Waals surface area contributed by atoms with Gasteiger partial charge < -0.3 is 10.3 Å². The van der Waals surface area contributed by atoms with Gasteiger partial charge in [0.15, 0.2) is 0 Å². The lowest BCUT2D eigenvalue weighted by atomic mass is 9.85. The summed E-state index contributed by atoms with van der Waals surface area (Å²) < 4.78 is 2.31. The summed E-state index contributed by atoms with van der Waals surface area (Å²) in [5.74, 6) is 0. The van der Waals surface area contributed by atoms with Crippen LogP contribution in [0.1, 0.15) is 24.0 Å². The van der Waals surface area contributed by atoms with Gasteiger partial charge >= 0.3 is 0 Å². The number of aromatic nitrogens is 2.